The fourth-order valence-corrected chi connectivity index (χ4v) is 2.63. The van der Waals surface area contributed by atoms with Gasteiger partial charge in [-0.3, -0.25) is 0 Å². The van der Waals surface area contributed by atoms with Crippen molar-refractivity contribution in [2.75, 3.05) is 0 Å². The fourth-order valence-electron chi connectivity index (χ4n) is 2.63. The summed E-state index contributed by atoms with van der Waals surface area (Å²) in [6, 6.07) is 9.14. The lowest BCUT2D eigenvalue weighted by atomic mass is 9.76. The summed E-state index contributed by atoms with van der Waals surface area (Å²) in [5.74, 6) is 1.70. The van der Waals surface area contributed by atoms with Crippen molar-refractivity contribution in [3.8, 4) is 0 Å². The van der Waals surface area contributed by atoms with E-state index in [1.54, 1.807) is 5.56 Å². The van der Waals surface area contributed by atoms with Crippen LogP contribution in [0.1, 0.15) is 49.7 Å². The highest BCUT2D eigenvalue weighted by Gasteiger charge is 2.22. The molecule has 0 saturated heterocycles. The normalized spacial score (nSPS) is 27.6. The zero-order valence-corrected chi connectivity index (χ0v) is 9.29. The van der Waals surface area contributed by atoms with Gasteiger partial charge in [-0.25, -0.2) is 0 Å². The van der Waals surface area contributed by atoms with Crippen molar-refractivity contribution in [3.63, 3.8) is 0 Å². The third-order valence-electron chi connectivity index (χ3n) is 3.62. The van der Waals surface area contributed by atoms with Gasteiger partial charge in [0.1, 0.15) is 0 Å². The van der Waals surface area contributed by atoms with E-state index in [1.165, 1.54) is 31.2 Å². The number of rotatable bonds is 1. The molecule has 1 fully saturated rings. The van der Waals surface area contributed by atoms with Crippen LogP contribution in [0.15, 0.2) is 24.3 Å². The van der Waals surface area contributed by atoms with Crippen molar-refractivity contribution in [1.29, 1.82) is 0 Å². The van der Waals surface area contributed by atoms with Crippen LogP contribution in [-0.4, -0.2) is 0 Å². The molecule has 14 heavy (non-hydrogen) atoms. The lowest BCUT2D eigenvalue weighted by Crippen LogP contribution is -2.14. The van der Waals surface area contributed by atoms with Crippen LogP contribution >= 0.6 is 0 Å². The number of aryl methyl sites for hydroxylation is 1. The first-order valence-corrected chi connectivity index (χ1v) is 5.84. The maximum Gasteiger partial charge on any atom is -0.0136 e. The molecule has 0 N–H and O–H groups in total. The van der Waals surface area contributed by atoms with E-state index in [0.29, 0.717) is 0 Å². The number of hydrogen-bond acceptors (Lipinski definition) is 0. The Bertz CT molecular complexity index is 283. The van der Waals surface area contributed by atoms with Crippen molar-refractivity contribution in [1.82, 2.24) is 0 Å². The molecule has 0 aromatic heterocycles. The van der Waals surface area contributed by atoms with Crippen LogP contribution in [0.4, 0.5) is 0 Å². The summed E-state index contributed by atoms with van der Waals surface area (Å²) in [5.41, 5.74) is 2.93. The average Bonchev–Trinajstić information content (AvgIpc) is 2.20. The molecule has 1 aromatic rings. The van der Waals surface area contributed by atoms with Crippen molar-refractivity contribution >= 4 is 0 Å². The fraction of sp³-hybridized carbons (Fsp3) is 0.571. The van der Waals surface area contributed by atoms with Gasteiger partial charge in [-0.1, -0.05) is 56.0 Å². The second kappa shape index (κ2) is 4.16. The van der Waals surface area contributed by atoms with Crippen molar-refractivity contribution < 1.29 is 0 Å². The van der Waals surface area contributed by atoms with Gasteiger partial charge in [-0.15, -0.1) is 0 Å². The van der Waals surface area contributed by atoms with Crippen LogP contribution in [0.2, 0.25) is 0 Å². The van der Waals surface area contributed by atoms with E-state index in [4.69, 9.17) is 0 Å². The summed E-state index contributed by atoms with van der Waals surface area (Å²) in [6.07, 6.45) is 5.66. The van der Waals surface area contributed by atoms with Gasteiger partial charge >= 0.3 is 0 Å². The van der Waals surface area contributed by atoms with E-state index < -0.39 is 0 Å². The zero-order chi connectivity index (χ0) is 9.97. The molecule has 1 saturated carbocycles. The zero-order valence-electron chi connectivity index (χ0n) is 9.29. The molecular weight excluding hydrogens is 168 g/mol. The summed E-state index contributed by atoms with van der Waals surface area (Å²) in [5, 5.41) is 0. The summed E-state index contributed by atoms with van der Waals surface area (Å²) in [6.45, 7) is 4.57. The van der Waals surface area contributed by atoms with Crippen molar-refractivity contribution in [2.24, 2.45) is 5.92 Å². The molecule has 2 atom stereocenters. The largest absolute Gasteiger partial charge is 0.0619 e. The molecule has 0 bridgehead atoms. The molecule has 0 heterocycles. The molecule has 0 aliphatic heterocycles. The molecule has 0 nitrogen and oxygen atoms in total. The Labute approximate surface area is 87.3 Å². The van der Waals surface area contributed by atoms with Gasteiger partial charge in [0.2, 0.25) is 0 Å². The van der Waals surface area contributed by atoms with E-state index >= 15 is 0 Å². The van der Waals surface area contributed by atoms with Gasteiger partial charge in [0.25, 0.3) is 0 Å². The van der Waals surface area contributed by atoms with Gasteiger partial charge in [-0.05, 0) is 30.7 Å². The van der Waals surface area contributed by atoms with Crippen LogP contribution < -0.4 is 0 Å². The monoisotopic (exact) mass is 188 g/mol. The third kappa shape index (κ3) is 2.00. The standard InChI is InChI=1S/C14H20/c1-11-7-9-13(10-8-11)14-6-4-3-5-12(14)2/h7-10,12,14H,3-6H2,1-2H3. The minimum atomic E-state index is 0.823. The van der Waals surface area contributed by atoms with Crippen molar-refractivity contribution in [3.05, 3.63) is 35.4 Å². The average molecular weight is 188 g/mol. The number of hydrogen-bond donors (Lipinski definition) is 0. The van der Waals surface area contributed by atoms with Crippen molar-refractivity contribution in [2.45, 2.75) is 45.4 Å². The molecule has 0 amide bonds. The first kappa shape index (κ1) is 9.76. The lowest BCUT2D eigenvalue weighted by Gasteiger charge is -2.29. The molecular formula is C14H20. The van der Waals surface area contributed by atoms with Crippen LogP contribution in [0.5, 0.6) is 0 Å². The Morgan fingerprint density at radius 1 is 1.00 bits per heavy atom. The minimum absolute atomic E-state index is 0.823. The Balaban J connectivity index is 2.16. The minimum Gasteiger partial charge on any atom is -0.0619 e. The Hall–Kier alpha value is -0.780. The Morgan fingerprint density at radius 2 is 1.64 bits per heavy atom. The van der Waals surface area contributed by atoms with E-state index in [0.717, 1.165) is 11.8 Å². The highest BCUT2D eigenvalue weighted by molar-refractivity contribution is 5.25. The molecule has 1 aromatic carbocycles. The maximum atomic E-state index is 2.41. The molecule has 0 heteroatoms. The van der Waals surface area contributed by atoms with E-state index in [-0.39, 0.29) is 0 Å². The van der Waals surface area contributed by atoms with Gasteiger partial charge in [0.15, 0.2) is 0 Å². The van der Waals surface area contributed by atoms with Gasteiger partial charge in [0, 0.05) is 0 Å². The summed E-state index contributed by atoms with van der Waals surface area (Å²) >= 11 is 0. The smallest absolute Gasteiger partial charge is 0.0136 e. The summed E-state index contributed by atoms with van der Waals surface area (Å²) in [7, 11) is 0. The quantitative estimate of drug-likeness (QED) is 0.616. The summed E-state index contributed by atoms with van der Waals surface area (Å²) < 4.78 is 0. The van der Waals surface area contributed by atoms with Gasteiger partial charge in [0.05, 0.1) is 0 Å². The SMILES string of the molecule is Cc1ccc(C2CCCCC2C)cc1. The molecule has 1 aliphatic rings. The second-order valence-electron chi connectivity index (χ2n) is 4.78. The van der Waals surface area contributed by atoms with E-state index in [2.05, 4.69) is 38.1 Å². The molecule has 2 rings (SSSR count). The predicted octanol–water partition coefficient (Wildman–Crippen LogP) is 4.29. The second-order valence-corrected chi connectivity index (χ2v) is 4.78. The first-order valence-electron chi connectivity index (χ1n) is 5.84. The van der Waals surface area contributed by atoms with Crippen LogP contribution in [0.3, 0.4) is 0 Å². The summed E-state index contributed by atoms with van der Waals surface area (Å²) in [4.78, 5) is 0. The first-order chi connectivity index (χ1) is 6.77. The van der Waals surface area contributed by atoms with Gasteiger partial charge in [-0.2, -0.15) is 0 Å². The predicted molar refractivity (Wildman–Crippen MR) is 61.6 cm³/mol. The molecule has 0 spiro atoms. The number of benzene rings is 1. The molecule has 76 valence electrons. The highest BCUT2D eigenvalue weighted by Crippen LogP contribution is 2.37. The lowest BCUT2D eigenvalue weighted by molar-refractivity contribution is 0.330. The van der Waals surface area contributed by atoms with Crippen LogP contribution in [0, 0.1) is 12.8 Å². The Kier molecular flexibility index (Phi) is 2.90. The van der Waals surface area contributed by atoms with Crippen LogP contribution in [0.25, 0.3) is 0 Å². The van der Waals surface area contributed by atoms with Crippen LogP contribution in [-0.2, 0) is 0 Å². The molecule has 1 aliphatic carbocycles. The molecule has 2 unspecified atom stereocenters. The Morgan fingerprint density at radius 3 is 2.29 bits per heavy atom. The van der Waals surface area contributed by atoms with Gasteiger partial charge < -0.3 is 0 Å². The van der Waals surface area contributed by atoms with E-state index in [9.17, 15) is 0 Å². The highest BCUT2D eigenvalue weighted by atomic mass is 14.3. The van der Waals surface area contributed by atoms with E-state index in [1.807, 2.05) is 0 Å². The molecule has 0 radical (unpaired) electrons. The third-order valence-corrected chi connectivity index (χ3v) is 3.62. The topological polar surface area (TPSA) is 0 Å². The maximum absolute atomic E-state index is 2.41.